The Hall–Kier alpha value is -0.280. The highest BCUT2D eigenvalue weighted by molar-refractivity contribution is 4.95. The van der Waals surface area contributed by atoms with E-state index in [0.29, 0.717) is 0 Å². The molecule has 0 aromatic carbocycles. The fraction of sp³-hybridized carbons (Fsp3) is 1.00. The van der Waals surface area contributed by atoms with Gasteiger partial charge in [-0.1, -0.05) is 0 Å². The second-order valence-electron chi connectivity index (χ2n) is 4.09. The molecule has 0 heterocycles. The number of hydrogen-bond donors (Lipinski definition) is 6. The summed E-state index contributed by atoms with van der Waals surface area (Å²) in [5.41, 5.74) is -1.65. The standard InChI is InChI=1S/C11H24O7/c12-4-1-2-9(16)11(8-15,18-7-6-14)10(17)3-5-13/h9-10,12-17H,1-8H2. The van der Waals surface area contributed by atoms with Crippen LogP contribution in [0.1, 0.15) is 19.3 Å². The van der Waals surface area contributed by atoms with Crippen LogP contribution in [0.15, 0.2) is 0 Å². The van der Waals surface area contributed by atoms with Crippen LogP contribution in [0.3, 0.4) is 0 Å². The Morgan fingerprint density at radius 3 is 1.89 bits per heavy atom. The molecule has 0 bridgehead atoms. The molecule has 0 rings (SSSR count). The lowest BCUT2D eigenvalue weighted by molar-refractivity contribution is -0.208. The van der Waals surface area contributed by atoms with E-state index < -0.39 is 24.4 Å². The average Bonchev–Trinajstić information content (AvgIpc) is 2.38. The van der Waals surface area contributed by atoms with Crippen molar-refractivity contribution < 1.29 is 35.4 Å². The van der Waals surface area contributed by atoms with Crippen LogP contribution in [0.4, 0.5) is 0 Å². The lowest BCUT2D eigenvalue weighted by atomic mass is 9.86. The maximum absolute atomic E-state index is 9.99. The van der Waals surface area contributed by atoms with Crippen LogP contribution in [0.5, 0.6) is 0 Å². The summed E-state index contributed by atoms with van der Waals surface area (Å²) in [7, 11) is 0. The third-order valence-electron chi connectivity index (χ3n) is 2.88. The van der Waals surface area contributed by atoms with E-state index in [9.17, 15) is 15.3 Å². The van der Waals surface area contributed by atoms with Gasteiger partial charge in [0.25, 0.3) is 0 Å². The fourth-order valence-electron chi connectivity index (χ4n) is 1.80. The first kappa shape index (κ1) is 17.7. The smallest absolute Gasteiger partial charge is 0.143 e. The molecule has 7 heteroatoms. The number of aliphatic hydroxyl groups excluding tert-OH is 6. The Bertz CT molecular complexity index is 202. The predicted molar refractivity (Wildman–Crippen MR) is 62.9 cm³/mol. The molecule has 0 fully saturated rings. The highest BCUT2D eigenvalue weighted by Crippen LogP contribution is 2.26. The molecule has 0 spiro atoms. The zero-order valence-corrected chi connectivity index (χ0v) is 10.4. The third-order valence-corrected chi connectivity index (χ3v) is 2.88. The molecule has 3 unspecified atom stereocenters. The monoisotopic (exact) mass is 268 g/mol. The van der Waals surface area contributed by atoms with Crippen molar-refractivity contribution in [3.63, 3.8) is 0 Å². The van der Waals surface area contributed by atoms with E-state index in [-0.39, 0.29) is 45.7 Å². The van der Waals surface area contributed by atoms with Crippen molar-refractivity contribution in [2.45, 2.75) is 37.1 Å². The van der Waals surface area contributed by atoms with Gasteiger partial charge in [0, 0.05) is 13.2 Å². The SMILES string of the molecule is OCCCC(O)C(CO)(OCCO)C(O)CCO. The first-order valence-electron chi connectivity index (χ1n) is 6.02. The van der Waals surface area contributed by atoms with Gasteiger partial charge in [-0.25, -0.2) is 0 Å². The molecule has 18 heavy (non-hydrogen) atoms. The Kier molecular flexibility index (Phi) is 9.47. The van der Waals surface area contributed by atoms with Gasteiger partial charge in [-0.05, 0) is 19.3 Å². The van der Waals surface area contributed by atoms with E-state index in [0.717, 1.165) is 0 Å². The summed E-state index contributed by atoms with van der Waals surface area (Å²) < 4.78 is 5.21. The molecule has 0 aliphatic rings. The third kappa shape index (κ3) is 4.77. The van der Waals surface area contributed by atoms with Crippen LogP contribution in [0.25, 0.3) is 0 Å². The maximum atomic E-state index is 9.99. The van der Waals surface area contributed by atoms with Crippen LogP contribution >= 0.6 is 0 Å². The van der Waals surface area contributed by atoms with Crippen molar-refractivity contribution in [2.24, 2.45) is 0 Å². The number of ether oxygens (including phenoxy) is 1. The Morgan fingerprint density at radius 2 is 1.44 bits per heavy atom. The lowest BCUT2D eigenvalue weighted by Gasteiger charge is -2.40. The molecule has 6 N–H and O–H groups in total. The Morgan fingerprint density at radius 1 is 0.833 bits per heavy atom. The first-order valence-corrected chi connectivity index (χ1v) is 6.02. The van der Waals surface area contributed by atoms with Gasteiger partial charge in [0.2, 0.25) is 0 Å². The summed E-state index contributed by atoms with van der Waals surface area (Å²) in [6.45, 7) is -1.58. The van der Waals surface area contributed by atoms with Crippen molar-refractivity contribution in [2.75, 3.05) is 33.0 Å². The molecular formula is C11H24O7. The molecule has 0 aliphatic carbocycles. The van der Waals surface area contributed by atoms with Gasteiger partial charge in [-0.15, -0.1) is 0 Å². The Labute approximate surface area is 106 Å². The van der Waals surface area contributed by atoms with Crippen molar-refractivity contribution >= 4 is 0 Å². The van der Waals surface area contributed by atoms with Gasteiger partial charge in [0.15, 0.2) is 0 Å². The van der Waals surface area contributed by atoms with E-state index in [2.05, 4.69) is 0 Å². The lowest BCUT2D eigenvalue weighted by Crippen LogP contribution is -2.57. The summed E-state index contributed by atoms with van der Waals surface area (Å²) in [6.07, 6.45) is -2.12. The molecular weight excluding hydrogens is 244 g/mol. The zero-order valence-electron chi connectivity index (χ0n) is 10.4. The summed E-state index contributed by atoms with van der Waals surface area (Å²) in [5, 5.41) is 55.6. The van der Waals surface area contributed by atoms with Crippen LogP contribution in [0, 0.1) is 0 Å². The average molecular weight is 268 g/mol. The van der Waals surface area contributed by atoms with E-state index in [1.165, 1.54) is 0 Å². The largest absolute Gasteiger partial charge is 0.396 e. The molecule has 110 valence electrons. The minimum absolute atomic E-state index is 0.0673. The number of rotatable bonds is 11. The van der Waals surface area contributed by atoms with Crippen LogP contribution in [-0.4, -0.2) is 81.5 Å². The second-order valence-corrected chi connectivity index (χ2v) is 4.09. The van der Waals surface area contributed by atoms with Gasteiger partial charge < -0.3 is 35.4 Å². The fourth-order valence-corrected chi connectivity index (χ4v) is 1.80. The summed E-state index contributed by atoms with van der Waals surface area (Å²) in [6, 6.07) is 0. The van der Waals surface area contributed by atoms with Gasteiger partial charge in [0.05, 0.1) is 32.0 Å². The van der Waals surface area contributed by atoms with Crippen molar-refractivity contribution in [1.82, 2.24) is 0 Å². The van der Waals surface area contributed by atoms with Crippen LogP contribution in [0.2, 0.25) is 0 Å². The quantitative estimate of drug-likeness (QED) is 0.246. The molecule has 0 saturated carbocycles. The van der Waals surface area contributed by atoms with E-state index in [1.54, 1.807) is 0 Å². The summed E-state index contributed by atoms with van der Waals surface area (Å²) in [5.74, 6) is 0. The number of hydrogen-bond acceptors (Lipinski definition) is 7. The van der Waals surface area contributed by atoms with Gasteiger partial charge in [-0.2, -0.15) is 0 Å². The van der Waals surface area contributed by atoms with Crippen molar-refractivity contribution in [3.8, 4) is 0 Å². The van der Waals surface area contributed by atoms with E-state index >= 15 is 0 Å². The van der Waals surface area contributed by atoms with Crippen LogP contribution < -0.4 is 0 Å². The minimum Gasteiger partial charge on any atom is -0.396 e. The normalized spacial score (nSPS) is 18.3. The molecule has 0 radical (unpaired) electrons. The van der Waals surface area contributed by atoms with E-state index in [4.69, 9.17) is 20.1 Å². The Balaban J connectivity index is 4.82. The van der Waals surface area contributed by atoms with Gasteiger partial charge in [-0.3, -0.25) is 0 Å². The highest BCUT2D eigenvalue weighted by Gasteiger charge is 2.44. The van der Waals surface area contributed by atoms with Gasteiger partial charge >= 0.3 is 0 Å². The molecule has 0 saturated heterocycles. The topological polar surface area (TPSA) is 131 Å². The minimum atomic E-state index is -1.65. The molecule has 0 amide bonds. The molecule has 3 atom stereocenters. The summed E-state index contributed by atoms with van der Waals surface area (Å²) in [4.78, 5) is 0. The number of aliphatic hydroxyl groups is 6. The molecule has 0 aliphatic heterocycles. The zero-order chi connectivity index (χ0) is 14.0. The molecule has 7 nitrogen and oxygen atoms in total. The first-order chi connectivity index (χ1) is 8.58. The van der Waals surface area contributed by atoms with Crippen LogP contribution in [-0.2, 0) is 4.74 Å². The highest BCUT2D eigenvalue weighted by atomic mass is 16.5. The molecule has 0 aromatic heterocycles. The van der Waals surface area contributed by atoms with E-state index in [1.807, 2.05) is 0 Å². The van der Waals surface area contributed by atoms with Crippen molar-refractivity contribution in [3.05, 3.63) is 0 Å². The molecule has 0 aromatic rings. The summed E-state index contributed by atoms with van der Waals surface area (Å²) >= 11 is 0. The van der Waals surface area contributed by atoms with Gasteiger partial charge in [0.1, 0.15) is 5.60 Å². The second kappa shape index (κ2) is 9.62. The predicted octanol–water partition coefficient (Wildman–Crippen LogP) is -2.40. The van der Waals surface area contributed by atoms with Crippen molar-refractivity contribution in [1.29, 1.82) is 0 Å². The maximum Gasteiger partial charge on any atom is 0.143 e.